The number of hydrogen-bond acceptors (Lipinski definition) is 9. The number of nitrogens with one attached hydrogen (secondary N) is 3. The van der Waals surface area contributed by atoms with E-state index in [-0.39, 0.29) is 22.3 Å². The second-order valence-corrected chi connectivity index (χ2v) is 12.9. The molecule has 3 fully saturated rings. The van der Waals surface area contributed by atoms with Crippen molar-refractivity contribution in [2.75, 3.05) is 67.1 Å². The first-order chi connectivity index (χ1) is 22.1. The first-order valence-electron chi connectivity index (χ1n) is 15.4. The molecule has 0 aliphatic carbocycles. The summed E-state index contributed by atoms with van der Waals surface area (Å²) in [5.74, 6) is 0.0960. The number of nitrogens with zero attached hydrogens (tertiary/aromatic N) is 5. The number of thioether (sulfide) groups is 1. The third-order valence-corrected chi connectivity index (χ3v) is 9.93. The zero-order chi connectivity index (χ0) is 32.5. The van der Waals surface area contributed by atoms with Crippen LogP contribution in [0.25, 0.3) is 0 Å². The van der Waals surface area contributed by atoms with E-state index in [9.17, 15) is 22.8 Å². The van der Waals surface area contributed by atoms with Crippen molar-refractivity contribution < 1.29 is 22.8 Å². The summed E-state index contributed by atoms with van der Waals surface area (Å²) in [5.41, 5.74) is -4.02. The molecule has 3 aliphatic heterocycles. The molecule has 3 aliphatic rings. The van der Waals surface area contributed by atoms with Gasteiger partial charge in [-0.1, -0.05) is 13.8 Å². The number of hydrogen-bond donors (Lipinski definition) is 3. The zero-order valence-electron chi connectivity index (χ0n) is 25.7. The van der Waals surface area contributed by atoms with Crippen LogP contribution in [0.4, 0.5) is 35.3 Å². The van der Waals surface area contributed by atoms with Gasteiger partial charge in [0, 0.05) is 81.5 Å². The fourth-order valence-electron chi connectivity index (χ4n) is 6.62. The lowest BCUT2D eigenvalue weighted by atomic mass is 9.70. The molecular formula is C32H37F3N8O2S. The van der Waals surface area contributed by atoms with Crippen LogP contribution in [-0.2, 0) is 4.79 Å². The predicted molar refractivity (Wildman–Crippen MR) is 173 cm³/mol. The number of imide groups is 1. The molecule has 14 heteroatoms. The second kappa shape index (κ2) is 13.1. The molecule has 2 aromatic heterocycles. The first-order valence-corrected chi connectivity index (χ1v) is 16.2. The Morgan fingerprint density at radius 3 is 1.72 bits per heavy atom. The maximum absolute atomic E-state index is 14.7. The molecule has 2 unspecified atom stereocenters. The number of halogens is 3. The predicted octanol–water partition coefficient (Wildman–Crippen LogP) is 4.31. The van der Waals surface area contributed by atoms with Crippen molar-refractivity contribution in [2.45, 2.75) is 41.6 Å². The summed E-state index contributed by atoms with van der Waals surface area (Å²) in [6.45, 7) is 10.4. The lowest BCUT2D eigenvalue weighted by Crippen LogP contribution is -2.55. The summed E-state index contributed by atoms with van der Waals surface area (Å²) in [6.07, 6.45) is 3.46. The number of pyridine rings is 2. The molecule has 0 radical (unpaired) electrons. The van der Waals surface area contributed by atoms with Gasteiger partial charge in [0.2, 0.25) is 0 Å². The van der Waals surface area contributed by atoms with E-state index < -0.39 is 34.8 Å². The number of rotatable bonds is 8. The smallest absolute Gasteiger partial charge is 0.354 e. The largest absolute Gasteiger partial charge is 0.446 e. The quantitative estimate of drug-likeness (QED) is 0.242. The van der Waals surface area contributed by atoms with Crippen molar-refractivity contribution in [1.82, 2.24) is 25.9 Å². The molecular weight excluding hydrogens is 617 g/mol. The van der Waals surface area contributed by atoms with Crippen molar-refractivity contribution in [3.63, 3.8) is 0 Å². The van der Waals surface area contributed by atoms with Crippen LogP contribution in [0.3, 0.4) is 0 Å². The lowest BCUT2D eigenvalue weighted by molar-refractivity contribution is -0.123. The molecule has 3 N–H and O–H groups in total. The van der Waals surface area contributed by atoms with Gasteiger partial charge in [0.25, 0.3) is 5.91 Å². The Morgan fingerprint density at radius 2 is 1.26 bits per heavy atom. The fraction of sp³-hybridized carbons (Fsp3) is 0.438. The number of carbonyl (C=O) groups excluding carboxylic acids is 2. The van der Waals surface area contributed by atoms with E-state index in [0.717, 1.165) is 80.0 Å². The third-order valence-electron chi connectivity index (χ3n) is 9.19. The van der Waals surface area contributed by atoms with Gasteiger partial charge in [-0.3, -0.25) is 4.79 Å². The number of amides is 3. The Hall–Kier alpha value is -3.88. The SMILES string of the molecule is CC(c1ccnc(N2CCNCC2)c1)C1(C(C)c2ccnc(N3CCNCC3)c2)NC(=O)N(c2ccc(SC(F)(F)F)cc2)C1=O. The Bertz CT molecular complexity index is 1490. The zero-order valence-corrected chi connectivity index (χ0v) is 26.5. The van der Waals surface area contributed by atoms with Crippen molar-refractivity contribution in [2.24, 2.45) is 0 Å². The second-order valence-electron chi connectivity index (χ2n) is 11.8. The maximum atomic E-state index is 14.7. The van der Waals surface area contributed by atoms with Crippen LogP contribution in [0.1, 0.15) is 36.8 Å². The topological polar surface area (TPSA) is 106 Å². The average Bonchev–Trinajstić information content (AvgIpc) is 3.34. The van der Waals surface area contributed by atoms with E-state index in [2.05, 4.69) is 35.7 Å². The van der Waals surface area contributed by atoms with Crippen molar-refractivity contribution >= 4 is 41.0 Å². The number of anilines is 3. The normalized spacial score (nSPS) is 22.2. The van der Waals surface area contributed by atoms with Gasteiger partial charge >= 0.3 is 11.5 Å². The molecule has 46 heavy (non-hydrogen) atoms. The van der Waals surface area contributed by atoms with Crippen molar-refractivity contribution in [3.05, 3.63) is 72.1 Å². The molecule has 10 nitrogen and oxygen atoms in total. The molecule has 5 heterocycles. The Kier molecular flexibility index (Phi) is 9.12. The average molecular weight is 655 g/mol. The number of piperazine rings is 2. The highest BCUT2D eigenvalue weighted by molar-refractivity contribution is 8.00. The van der Waals surface area contributed by atoms with E-state index in [0.29, 0.717) is 0 Å². The number of benzene rings is 1. The van der Waals surface area contributed by atoms with Crippen LogP contribution >= 0.6 is 11.8 Å². The van der Waals surface area contributed by atoms with Crippen molar-refractivity contribution in [3.8, 4) is 0 Å². The third kappa shape index (κ3) is 6.38. The molecule has 3 saturated heterocycles. The highest BCUT2D eigenvalue weighted by Crippen LogP contribution is 2.46. The molecule has 2 atom stereocenters. The van der Waals surface area contributed by atoms with E-state index in [4.69, 9.17) is 0 Å². The fourth-order valence-corrected chi connectivity index (χ4v) is 7.16. The molecule has 3 amide bonds. The van der Waals surface area contributed by atoms with Crippen LogP contribution < -0.4 is 30.7 Å². The van der Waals surface area contributed by atoms with E-state index >= 15 is 0 Å². The summed E-state index contributed by atoms with van der Waals surface area (Å²) in [6, 6.07) is 12.4. The maximum Gasteiger partial charge on any atom is 0.446 e. The summed E-state index contributed by atoms with van der Waals surface area (Å²) in [7, 11) is 0. The van der Waals surface area contributed by atoms with Crippen LogP contribution in [0, 0.1) is 0 Å². The number of alkyl halides is 3. The van der Waals surface area contributed by atoms with Gasteiger partial charge in [-0.2, -0.15) is 13.2 Å². The minimum absolute atomic E-state index is 0.0363. The lowest BCUT2D eigenvalue weighted by Gasteiger charge is -2.39. The Morgan fingerprint density at radius 1 is 0.783 bits per heavy atom. The van der Waals surface area contributed by atoms with Crippen LogP contribution in [0.5, 0.6) is 0 Å². The molecule has 244 valence electrons. The van der Waals surface area contributed by atoms with Gasteiger partial charge in [-0.15, -0.1) is 0 Å². The number of urea groups is 1. The summed E-state index contributed by atoms with van der Waals surface area (Å²) in [5, 5.41) is 9.76. The van der Waals surface area contributed by atoms with Crippen LogP contribution in [0.2, 0.25) is 0 Å². The van der Waals surface area contributed by atoms with E-state index in [1.807, 2.05) is 38.1 Å². The van der Waals surface area contributed by atoms with Crippen LogP contribution in [0.15, 0.2) is 65.8 Å². The highest BCUT2D eigenvalue weighted by atomic mass is 32.2. The molecule has 6 rings (SSSR count). The van der Waals surface area contributed by atoms with Gasteiger partial charge in [0.1, 0.15) is 17.2 Å². The first kappa shape index (κ1) is 32.1. The monoisotopic (exact) mass is 654 g/mol. The molecule has 1 aromatic carbocycles. The summed E-state index contributed by atoms with van der Waals surface area (Å²) in [4.78, 5) is 43.1. The highest BCUT2D eigenvalue weighted by Gasteiger charge is 2.58. The van der Waals surface area contributed by atoms with E-state index in [1.54, 1.807) is 12.4 Å². The number of carbonyl (C=O) groups is 2. The minimum atomic E-state index is -4.45. The molecule has 0 saturated carbocycles. The van der Waals surface area contributed by atoms with Gasteiger partial charge < -0.3 is 25.8 Å². The van der Waals surface area contributed by atoms with Gasteiger partial charge in [0.15, 0.2) is 0 Å². The Balaban J connectivity index is 1.39. The standard InChI is InChI=1S/C32H37F3N8O2S/c1-21(23-7-9-38-27(19-23)41-15-11-36-12-16-41)31(22(2)24-8-10-39-28(20-24)42-17-13-37-14-18-42)29(44)43(30(45)40-31)25-3-5-26(6-4-25)46-32(33,34)35/h3-10,19-22,36-37H,11-18H2,1-2H3,(H,40,45). The molecule has 3 aromatic rings. The van der Waals surface area contributed by atoms with E-state index in [1.165, 1.54) is 24.3 Å². The van der Waals surface area contributed by atoms with Crippen molar-refractivity contribution in [1.29, 1.82) is 0 Å². The van der Waals surface area contributed by atoms with Crippen LogP contribution in [-0.4, -0.2) is 85.3 Å². The molecule has 0 spiro atoms. The van der Waals surface area contributed by atoms with Gasteiger partial charge in [0.05, 0.1) is 5.69 Å². The minimum Gasteiger partial charge on any atom is -0.354 e. The van der Waals surface area contributed by atoms with Gasteiger partial charge in [-0.05, 0) is 71.4 Å². The summed E-state index contributed by atoms with van der Waals surface area (Å²) < 4.78 is 38.9. The number of aromatic nitrogens is 2. The summed E-state index contributed by atoms with van der Waals surface area (Å²) >= 11 is -0.248. The Labute approximate surface area is 270 Å². The van der Waals surface area contributed by atoms with Gasteiger partial charge in [-0.25, -0.2) is 19.7 Å². The molecule has 0 bridgehead atoms.